The van der Waals surface area contributed by atoms with Crippen molar-refractivity contribution < 1.29 is 14.5 Å². The zero-order valence-corrected chi connectivity index (χ0v) is 13.5. The molecule has 0 saturated heterocycles. The Kier molecular flexibility index (Phi) is 5.76. The monoisotopic (exact) mass is 310 g/mol. The van der Waals surface area contributed by atoms with Gasteiger partial charge in [0.15, 0.2) is 6.54 Å². The van der Waals surface area contributed by atoms with Gasteiger partial charge in [-0.25, -0.2) is 0 Å². The first kappa shape index (κ1) is 16.0. The van der Waals surface area contributed by atoms with Gasteiger partial charge in [0.2, 0.25) is 5.91 Å². The van der Waals surface area contributed by atoms with E-state index in [4.69, 9.17) is 0 Å². The third kappa shape index (κ3) is 4.28. The van der Waals surface area contributed by atoms with Gasteiger partial charge in [-0.2, -0.15) is 0 Å². The quantitative estimate of drug-likeness (QED) is 0.687. The number of carbonyl (C=O) groups excluding carboxylic acids is 2. The molecule has 0 spiro atoms. The molecule has 0 bridgehead atoms. The number of carbonyl (C=O) groups is 2. The SMILES string of the molecule is CCCNC(=O)CNC(=O)C[NH+]1CCc2sccc2[C@@H]1C. The lowest BCUT2D eigenvalue weighted by atomic mass is 10.0. The lowest BCUT2D eigenvalue weighted by molar-refractivity contribution is -0.924. The van der Waals surface area contributed by atoms with Crippen molar-refractivity contribution >= 4 is 23.2 Å². The molecule has 2 rings (SSSR count). The van der Waals surface area contributed by atoms with Gasteiger partial charge in [-0.1, -0.05) is 6.92 Å². The van der Waals surface area contributed by atoms with Crippen molar-refractivity contribution in [3.63, 3.8) is 0 Å². The van der Waals surface area contributed by atoms with Gasteiger partial charge in [-0.3, -0.25) is 9.59 Å². The highest BCUT2D eigenvalue weighted by molar-refractivity contribution is 7.10. The standard InChI is InChI=1S/C15H23N3O2S/c1-3-6-16-14(19)9-17-15(20)10-18-7-4-13-12(11(18)2)5-8-21-13/h5,8,11H,3-4,6-7,9-10H2,1-2H3,(H,16,19)(H,17,20)/p+1/t11-/m0/s1. The highest BCUT2D eigenvalue weighted by Crippen LogP contribution is 2.24. The fourth-order valence-electron chi connectivity index (χ4n) is 2.67. The van der Waals surface area contributed by atoms with Crippen molar-refractivity contribution in [2.24, 2.45) is 0 Å². The second-order valence-corrected chi connectivity index (χ2v) is 6.48. The Labute approximate surface area is 129 Å². The van der Waals surface area contributed by atoms with Crippen molar-refractivity contribution in [1.82, 2.24) is 10.6 Å². The Morgan fingerprint density at radius 1 is 1.38 bits per heavy atom. The summed E-state index contributed by atoms with van der Waals surface area (Å²) in [6.45, 7) is 6.30. The summed E-state index contributed by atoms with van der Waals surface area (Å²) in [6, 6.07) is 2.51. The van der Waals surface area contributed by atoms with E-state index >= 15 is 0 Å². The van der Waals surface area contributed by atoms with Crippen LogP contribution >= 0.6 is 11.3 Å². The van der Waals surface area contributed by atoms with E-state index in [0.717, 1.165) is 19.4 Å². The Balaban J connectivity index is 1.77. The molecule has 5 nitrogen and oxygen atoms in total. The van der Waals surface area contributed by atoms with E-state index in [1.54, 1.807) is 11.3 Å². The summed E-state index contributed by atoms with van der Waals surface area (Å²) in [4.78, 5) is 26.2. The third-order valence-electron chi connectivity index (χ3n) is 3.94. The van der Waals surface area contributed by atoms with E-state index in [1.165, 1.54) is 15.3 Å². The first-order chi connectivity index (χ1) is 10.1. The van der Waals surface area contributed by atoms with Crippen molar-refractivity contribution in [3.05, 3.63) is 21.9 Å². The predicted molar refractivity (Wildman–Crippen MR) is 83.4 cm³/mol. The van der Waals surface area contributed by atoms with Crippen LogP contribution in [-0.4, -0.2) is 38.0 Å². The van der Waals surface area contributed by atoms with E-state index in [-0.39, 0.29) is 18.4 Å². The summed E-state index contributed by atoms with van der Waals surface area (Å²) in [6.07, 6.45) is 1.94. The van der Waals surface area contributed by atoms with Gasteiger partial charge in [0.25, 0.3) is 5.91 Å². The van der Waals surface area contributed by atoms with Crippen LogP contribution in [0.15, 0.2) is 11.4 Å². The van der Waals surface area contributed by atoms with Crippen LogP contribution < -0.4 is 15.5 Å². The minimum atomic E-state index is -0.119. The summed E-state index contributed by atoms with van der Waals surface area (Å²) in [7, 11) is 0. The molecule has 21 heavy (non-hydrogen) atoms. The molecule has 6 heteroatoms. The summed E-state index contributed by atoms with van der Waals surface area (Å²) < 4.78 is 0. The van der Waals surface area contributed by atoms with Crippen LogP contribution in [0, 0.1) is 0 Å². The molecule has 0 aromatic carbocycles. The van der Waals surface area contributed by atoms with Crippen molar-refractivity contribution in [1.29, 1.82) is 0 Å². The highest BCUT2D eigenvalue weighted by Gasteiger charge is 2.29. The van der Waals surface area contributed by atoms with Crippen molar-refractivity contribution in [2.75, 3.05) is 26.2 Å². The zero-order chi connectivity index (χ0) is 15.2. The van der Waals surface area contributed by atoms with E-state index in [9.17, 15) is 9.59 Å². The first-order valence-electron chi connectivity index (χ1n) is 7.56. The van der Waals surface area contributed by atoms with Crippen molar-refractivity contribution in [2.45, 2.75) is 32.7 Å². The molecule has 1 aromatic rings. The van der Waals surface area contributed by atoms with Gasteiger partial charge in [-0.05, 0) is 24.8 Å². The van der Waals surface area contributed by atoms with E-state index in [2.05, 4.69) is 29.0 Å². The molecule has 2 amide bonds. The largest absolute Gasteiger partial charge is 0.355 e. The summed E-state index contributed by atoms with van der Waals surface area (Å²) in [5.74, 6) is -0.172. The fourth-order valence-corrected chi connectivity index (χ4v) is 3.65. The third-order valence-corrected chi connectivity index (χ3v) is 4.93. The number of hydrogen-bond acceptors (Lipinski definition) is 3. The molecule has 0 aliphatic carbocycles. The van der Waals surface area contributed by atoms with E-state index in [0.29, 0.717) is 19.1 Å². The molecule has 0 saturated carbocycles. The van der Waals surface area contributed by atoms with Crippen LogP contribution in [-0.2, 0) is 16.0 Å². The maximum atomic E-state index is 12.0. The lowest BCUT2D eigenvalue weighted by Crippen LogP contribution is -3.14. The van der Waals surface area contributed by atoms with Gasteiger partial charge in [0.05, 0.1) is 13.1 Å². The Hall–Kier alpha value is -1.40. The normalized spacial score (nSPS) is 20.7. The minimum absolute atomic E-state index is 0.0535. The Bertz CT molecular complexity index is 501. The molecule has 2 heterocycles. The zero-order valence-electron chi connectivity index (χ0n) is 12.7. The Morgan fingerprint density at radius 2 is 2.19 bits per heavy atom. The van der Waals surface area contributed by atoms with Crippen LogP contribution in [0.1, 0.15) is 36.8 Å². The van der Waals surface area contributed by atoms with E-state index < -0.39 is 0 Å². The van der Waals surface area contributed by atoms with Crippen LogP contribution in [0.4, 0.5) is 0 Å². The Morgan fingerprint density at radius 3 is 2.95 bits per heavy atom. The molecule has 3 N–H and O–H groups in total. The fraction of sp³-hybridized carbons (Fsp3) is 0.600. The summed E-state index contributed by atoms with van der Waals surface area (Å²) in [5.41, 5.74) is 1.37. The summed E-state index contributed by atoms with van der Waals surface area (Å²) >= 11 is 1.80. The van der Waals surface area contributed by atoms with Gasteiger partial charge < -0.3 is 15.5 Å². The second kappa shape index (κ2) is 7.56. The van der Waals surface area contributed by atoms with Crippen LogP contribution in [0.2, 0.25) is 0 Å². The van der Waals surface area contributed by atoms with Gasteiger partial charge in [-0.15, -0.1) is 11.3 Å². The predicted octanol–water partition coefficient (Wildman–Crippen LogP) is -0.107. The molecular formula is C15H24N3O2S+. The highest BCUT2D eigenvalue weighted by atomic mass is 32.1. The first-order valence-corrected chi connectivity index (χ1v) is 8.44. The van der Waals surface area contributed by atoms with Crippen molar-refractivity contribution in [3.8, 4) is 0 Å². The van der Waals surface area contributed by atoms with E-state index in [1.807, 2.05) is 6.92 Å². The maximum Gasteiger partial charge on any atom is 0.275 e. The van der Waals surface area contributed by atoms with Gasteiger partial charge in [0, 0.05) is 23.4 Å². The molecule has 0 fully saturated rings. The molecule has 1 aliphatic heterocycles. The number of quaternary nitrogens is 1. The molecular weight excluding hydrogens is 286 g/mol. The van der Waals surface area contributed by atoms with Crippen LogP contribution in [0.3, 0.4) is 0 Å². The molecule has 0 radical (unpaired) electrons. The molecule has 1 aromatic heterocycles. The van der Waals surface area contributed by atoms with Gasteiger partial charge >= 0.3 is 0 Å². The topological polar surface area (TPSA) is 62.6 Å². The van der Waals surface area contributed by atoms with Crippen LogP contribution in [0.5, 0.6) is 0 Å². The lowest BCUT2D eigenvalue weighted by Gasteiger charge is -2.29. The minimum Gasteiger partial charge on any atom is -0.355 e. The molecule has 1 aliphatic rings. The number of thiophene rings is 1. The average Bonchev–Trinajstić information content (AvgIpc) is 2.95. The summed E-state index contributed by atoms with van der Waals surface area (Å²) in [5, 5.41) is 7.59. The number of amides is 2. The number of rotatable bonds is 6. The molecule has 1 unspecified atom stereocenters. The van der Waals surface area contributed by atoms with Crippen LogP contribution in [0.25, 0.3) is 0 Å². The smallest absolute Gasteiger partial charge is 0.275 e. The maximum absolute atomic E-state index is 12.0. The average molecular weight is 310 g/mol. The van der Waals surface area contributed by atoms with Gasteiger partial charge in [0.1, 0.15) is 6.04 Å². The molecule has 2 atom stereocenters. The second-order valence-electron chi connectivity index (χ2n) is 5.48. The number of hydrogen-bond donors (Lipinski definition) is 3. The molecule has 116 valence electrons. The number of nitrogens with one attached hydrogen (secondary N) is 3. The number of fused-ring (bicyclic) bond motifs is 1.